The Morgan fingerprint density at radius 3 is 2.33 bits per heavy atom. The van der Waals surface area contributed by atoms with Crippen LogP contribution in [0.25, 0.3) is 0 Å². The number of para-hydroxylation sites is 1. The maximum Gasteiger partial charge on any atom is 0.241 e. The minimum atomic E-state index is -3.33. The van der Waals surface area contributed by atoms with E-state index in [-0.39, 0.29) is 17.3 Å². The fourth-order valence-corrected chi connectivity index (χ4v) is 4.42. The number of amides is 1. The molecular weight excluding hydrogens is 360 g/mol. The average molecular weight is 387 g/mol. The van der Waals surface area contributed by atoms with Gasteiger partial charge in [0.2, 0.25) is 5.91 Å². The smallest absolute Gasteiger partial charge is 0.241 e. The van der Waals surface area contributed by atoms with Crippen molar-refractivity contribution in [2.24, 2.45) is 5.92 Å². The molecule has 5 nitrogen and oxygen atoms in total. The molecule has 2 aromatic rings. The number of benzene rings is 2. The van der Waals surface area contributed by atoms with Crippen LogP contribution in [0.2, 0.25) is 0 Å². The number of hydrogen-bond acceptors (Lipinski definition) is 4. The van der Waals surface area contributed by atoms with Crippen molar-refractivity contribution in [1.82, 2.24) is 4.90 Å². The van der Waals surface area contributed by atoms with Gasteiger partial charge in [-0.25, -0.2) is 8.42 Å². The predicted molar refractivity (Wildman–Crippen MR) is 107 cm³/mol. The molecule has 1 heterocycles. The fraction of sp³-hybridized carbons (Fsp3) is 0.381. The molecule has 27 heavy (non-hydrogen) atoms. The van der Waals surface area contributed by atoms with Crippen molar-refractivity contribution in [3.63, 3.8) is 0 Å². The molecular formula is C21H26N2O3S. The molecule has 0 aromatic heterocycles. The summed E-state index contributed by atoms with van der Waals surface area (Å²) >= 11 is 0. The van der Waals surface area contributed by atoms with Crippen molar-refractivity contribution in [2.75, 3.05) is 31.2 Å². The van der Waals surface area contributed by atoms with E-state index in [0.29, 0.717) is 11.6 Å². The van der Waals surface area contributed by atoms with Crippen molar-refractivity contribution in [1.29, 1.82) is 0 Å². The van der Waals surface area contributed by atoms with Gasteiger partial charge >= 0.3 is 0 Å². The molecule has 0 unspecified atom stereocenters. The number of nitrogens with zero attached hydrogens (tertiary/aromatic N) is 1. The second-order valence-corrected chi connectivity index (χ2v) is 9.12. The molecule has 0 atom stereocenters. The second-order valence-electron chi connectivity index (χ2n) is 7.14. The Hall–Kier alpha value is -2.34. The molecule has 2 aromatic carbocycles. The van der Waals surface area contributed by atoms with E-state index in [4.69, 9.17) is 0 Å². The van der Waals surface area contributed by atoms with E-state index in [9.17, 15) is 13.2 Å². The van der Waals surface area contributed by atoms with Crippen molar-refractivity contribution >= 4 is 21.4 Å². The molecule has 0 radical (unpaired) electrons. The summed E-state index contributed by atoms with van der Waals surface area (Å²) in [6, 6.07) is 17.1. The van der Waals surface area contributed by atoms with Gasteiger partial charge in [-0.05, 0) is 42.9 Å². The van der Waals surface area contributed by atoms with Crippen LogP contribution in [0.15, 0.2) is 59.5 Å². The number of rotatable bonds is 6. The van der Waals surface area contributed by atoms with Gasteiger partial charge in [0.1, 0.15) is 0 Å². The van der Waals surface area contributed by atoms with Gasteiger partial charge in [-0.15, -0.1) is 0 Å². The summed E-state index contributed by atoms with van der Waals surface area (Å²) < 4.78 is 23.7. The SMILES string of the molecule is CS(=O)(=O)c1ccccc1NCC(=O)N1CCC(Cc2ccccc2)CC1. The lowest BCUT2D eigenvalue weighted by Gasteiger charge is -2.32. The summed E-state index contributed by atoms with van der Waals surface area (Å²) in [6.07, 6.45) is 4.23. The zero-order chi connectivity index (χ0) is 19.3. The van der Waals surface area contributed by atoms with E-state index < -0.39 is 9.84 Å². The highest BCUT2D eigenvalue weighted by Crippen LogP contribution is 2.23. The average Bonchev–Trinajstić information content (AvgIpc) is 2.67. The van der Waals surface area contributed by atoms with E-state index >= 15 is 0 Å². The lowest BCUT2D eigenvalue weighted by molar-refractivity contribution is -0.130. The molecule has 0 spiro atoms. The quantitative estimate of drug-likeness (QED) is 0.829. The van der Waals surface area contributed by atoms with E-state index in [1.54, 1.807) is 24.3 Å². The van der Waals surface area contributed by atoms with Crippen LogP contribution in [0.4, 0.5) is 5.69 Å². The number of piperidine rings is 1. The monoisotopic (exact) mass is 386 g/mol. The zero-order valence-electron chi connectivity index (χ0n) is 15.6. The lowest BCUT2D eigenvalue weighted by atomic mass is 9.90. The van der Waals surface area contributed by atoms with Crippen LogP contribution in [0.1, 0.15) is 18.4 Å². The van der Waals surface area contributed by atoms with Crippen LogP contribution in [0, 0.1) is 5.92 Å². The van der Waals surface area contributed by atoms with Crippen LogP contribution in [0.5, 0.6) is 0 Å². The van der Waals surface area contributed by atoms with Crippen LogP contribution in [-0.4, -0.2) is 45.1 Å². The first-order valence-electron chi connectivity index (χ1n) is 9.28. The molecule has 1 amide bonds. The topological polar surface area (TPSA) is 66.5 Å². The minimum Gasteiger partial charge on any atom is -0.375 e. The molecule has 0 bridgehead atoms. The molecule has 144 valence electrons. The molecule has 6 heteroatoms. The van der Waals surface area contributed by atoms with Crippen LogP contribution in [-0.2, 0) is 21.1 Å². The largest absolute Gasteiger partial charge is 0.375 e. The summed E-state index contributed by atoms with van der Waals surface area (Å²) in [4.78, 5) is 14.6. The summed E-state index contributed by atoms with van der Waals surface area (Å²) in [5, 5.41) is 3.00. The number of nitrogens with one attached hydrogen (secondary N) is 1. The van der Waals surface area contributed by atoms with Crippen molar-refractivity contribution in [3.8, 4) is 0 Å². The molecule has 1 fully saturated rings. The van der Waals surface area contributed by atoms with Crippen LogP contribution in [0.3, 0.4) is 0 Å². The fourth-order valence-electron chi connectivity index (χ4n) is 3.55. The Bertz CT molecular complexity index is 873. The van der Waals surface area contributed by atoms with Gasteiger partial charge in [0, 0.05) is 19.3 Å². The van der Waals surface area contributed by atoms with E-state index in [1.165, 1.54) is 11.8 Å². The van der Waals surface area contributed by atoms with Gasteiger partial charge in [0.05, 0.1) is 17.1 Å². The molecule has 0 saturated carbocycles. The van der Waals surface area contributed by atoms with Gasteiger partial charge in [0.15, 0.2) is 9.84 Å². The number of sulfone groups is 1. The minimum absolute atomic E-state index is 0.0106. The summed E-state index contributed by atoms with van der Waals surface area (Å²) in [5.74, 6) is 0.617. The first kappa shape index (κ1) is 19.4. The molecule has 1 N–H and O–H groups in total. The van der Waals surface area contributed by atoms with Crippen molar-refractivity contribution in [2.45, 2.75) is 24.2 Å². The zero-order valence-corrected chi connectivity index (χ0v) is 16.4. The van der Waals surface area contributed by atoms with Crippen LogP contribution >= 0.6 is 0 Å². The standard InChI is InChI=1S/C21H26N2O3S/c1-27(25,26)20-10-6-5-9-19(20)22-16-21(24)23-13-11-18(12-14-23)15-17-7-3-2-4-8-17/h2-10,18,22H,11-16H2,1H3. The third-order valence-corrected chi connectivity index (χ3v) is 6.21. The number of carbonyl (C=O) groups is 1. The first-order valence-corrected chi connectivity index (χ1v) is 11.2. The molecule has 1 aliphatic rings. The first-order chi connectivity index (χ1) is 12.9. The summed E-state index contributed by atoms with van der Waals surface area (Å²) in [6.45, 7) is 1.62. The Balaban J connectivity index is 1.51. The lowest BCUT2D eigenvalue weighted by Crippen LogP contribution is -2.41. The second kappa shape index (κ2) is 8.57. The Labute approximate surface area is 161 Å². The number of hydrogen-bond donors (Lipinski definition) is 1. The Morgan fingerprint density at radius 2 is 1.67 bits per heavy atom. The van der Waals surface area contributed by atoms with E-state index in [0.717, 1.165) is 32.4 Å². The number of carbonyl (C=O) groups excluding carboxylic acids is 1. The maximum atomic E-state index is 12.5. The van der Waals surface area contributed by atoms with Gasteiger partial charge in [-0.2, -0.15) is 0 Å². The van der Waals surface area contributed by atoms with E-state index in [1.807, 2.05) is 11.0 Å². The van der Waals surface area contributed by atoms with Gasteiger partial charge in [0.25, 0.3) is 0 Å². The molecule has 3 rings (SSSR count). The highest BCUT2D eigenvalue weighted by Gasteiger charge is 2.23. The summed E-state index contributed by atoms with van der Waals surface area (Å²) in [7, 11) is -3.33. The van der Waals surface area contributed by atoms with Crippen molar-refractivity contribution < 1.29 is 13.2 Å². The van der Waals surface area contributed by atoms with Crippen molar-refractivity contribution in [3.05, 3.63) is 60.2 Å². The maximum absolute atomic E-state index is 12.5. The summed E-state index contributed by atoms with van der Waals surface area (Å²) in [5.41, 5.74) is 1.83. The Kier molecular flexibility index (Phi) is 6.16. The molecule has 1 aliphatic heterocycles. The van der Waals surface area contributed by atoms with E-state index in [2.05, 4.69) is 29.6 Å². The van der Waals surface area contributed by atoms with Gasteiger partial charge < -0.3 is 10.2 Å². The molecule has 1 saturated heterocycles. The number of likely N-dealkylation sites (tertiary alicyclic amines) is 1. The predicted octanol–water partition coefficient (Wildman–Crippen LogP) is 2.98. The normalized spacial score (nSPS) is 15.5. The van der Waals surface area contributed by atoms with Gasteiger partial charge in [-0.3, -0.25) is 4.79 Å². The Morgan fingerprint density at radius 1 is 1.04 bits per heavy atom. The van der Waals surface area contributed by atoms with Gasteiger partial charge in [-0.1, -0.05) is 42.5 Å². The third-order valence-electron chi connectivity index (χ3n) is 5.05. The van der Waals surface area contributed by atoms with Crippen LogP contribution < -0.4 is 5.32 Å². The highest BCUT2D eigenvalue weighted by atomic mass is 32.2. The third kappa shape index (κ3) is 5.32. The number of anilines is 1. The molecule has 0 aliphatic carbocycles. The highest BCUT2D eigenvalue weighted by molar-refractivity contribution is 7.90.